The summed E-state index contributed by atoms with van der Waals surface area (Å²) in [4.78, 5) is 4.68. The van der Waals surface area contributed by atoms with Crippen LogP contribution in [0.4, 0.5) is 0 Å². The van der Waals surface area contributed by atoms with Gasteiger partial charge < -0.3 is 0 Å². The van der Waals surface area contributed by atoms with Crippen molar-refractivity contribution >= 4 is 19.6 Å². The number of hydrogen-bond donors (Lipinski definition) is 0. The summed E-state index contributed by atoms with van der Waals surface area (Å²) >= 11 is 0.522. The number of nitrogens with zero attached hydrogens (tertiary/aromatic N) is 1. The van der Waals surface area contributed by atoms with E-state index in [0.717, 1.165) is 19.4 Å². The number of rotatable bonds is 6. The van der Waals surface area contributed by atoms with Crippen LogP contribution in [0.3, 0.4) is 0 Å². The van der Waals surface area contributed by atoms with Gasteiger partial charge in [-0.25, -0.2) is 0 Å². The van der Waals surface area contributed by atoms with Gasteiger partial charge in [-0.15, -0.1) is 0 Å². The number of benzene rings is 1. The standard InChI is InChI=1S/C14H19NSe/c1-4-5-6-14(16-3)15-11-13-9-7-12(2)8-10-13/h4,7-10H,1,5-6,11H2,2-3H3. The summed E-state index contributed by atoms with van der Waals surface area (Å²) in [6, 6.07) is 8.61. The molecule has 0 N–H and O–H groups in total. The van der Waals surface area contributed by atoms with E-state index in [2.05, 4.69) is 48.6 Å². The Morgan fingerprint density at radius 2 is 2.06 bits per heavy atom. The van der Waals surface area contributed by atoms with Crippen molar-refractivity contribution in [2.24, 2.45) is 4.99 Å². The van der Waals surface area contributed by atoms with Crippen LogP contribution in [-0.2, 0) is 6.54 Å². The van der Waals surface area contributed by atoms with E-state index in [4.69, 9.17) is 0 Å². The molecule has 86 valence electrons. The van der Waals surface area contributed by atoms with Crippen molar-refractivity contribution in [3.8, 4) is 0 Å². The van der Waals surface area contributed by atoms with Crippen LogP contribution < -0.4 is 0 Å². The Morgan fingerprint density at radius 3 is 2.62 bits per heavy atom. The zero-order chi connectivity index (χ0) is 11.8. The van der Waals surface area contributed by atoms with Crippen molar-refractivity contribution in [2.45, 2.75) is 32.1 Å². The summed E-state index contributed by atoms with van der Waals surface area (Å²) in [5, 5.41) is 0. The maximum absolute atomic E-state index is 4.68. The van der Waals surface area contributed by atoms with Gasteiger partial charge in [0.25, 0.3) is 0 Å². The van der Waals surface area contributed by atoms with Crippen molar-refractivity contribution < 1.29 is 0 Å². The predicted molar refractivity (Wildman–Crippen MR) is 73.4 cm³/mol. The van der Waals surface area contributed by atoms with Crippen molar-refractivity contribution in [1.29, 1.82) is 0 Å². The quantitative estimate of drug-likeness (QED) is 0.429. The third-order valence-electron chi connectivity index (χ3n) is 2.36. The predicted octanol–water partition coefficient (Wildman–Crippen LogP) is 3.61. The number of hydrogen-bond acceptors (Lipinski definition) is 1. The fourth-order valence-corrected chi connectivity index (χ4v) is 2.43. The van der Waals surface area contributed by atoms with E-state index in [1.54, 1.807) is 0 Å². The molecular weight excluding hydrogens is 261 g/mol. The van der Waals surface area contributed by atoms with Gasteiger partial charge in [-0.2, -0.15) is 0 Å². The summed E-state index contributed by atoms with van der Waals surface area (Å²) < 4.78 is 1.35. The van der Waals surface area contributed by atoms with Crippen LogP contribution in [0.5, 0.6) is 0 Å². The van der Waals surface area contributed by atoms with Crippen molar-refractivity contribution in [3.05, 3.63) is 48.0 Å². The molecule has 1 aromatic rings. The minimum atomic E-state index is 0.522. The molecule has 1 rings (SSSR count). The average molecular weight is 280 g/mol. The Balaban J connectivity index is 2.55. The van der Waals surface area contributed by atoms with Crippen molar-refractivity contribution in [1.82, 2.24) is 0 Å². The first kappa shape index (κ1) is 13.2. The van der Waals surface area contributed by atoms with Crippen LogP contribution in [0, 0.1) is 6.92 Å². The molecule has 16 heavy (non-hydrogen) atoms. The van der Waals surface area contributed by atoms with E-state index < -0.39 is 0 Å². The molecule has 0 fully saturated rings. The molecule has 1 aromatic carbocycles. The monoisotopic (exact) mass is 281 g/mol. The van der Waals surface area contributed by atoms with E-state index in [9.17, 15) is 0 Å². The van der Waals surface area contributed by atoms with E-state index in [0.29, 0.717) is 15.0 Å². The van der Waals surface area contributed by atoms with Crippen LogP contribution in [0.25, 0.3) is 0 Å². The molecule has 0 spiro atoms. The van der Waals surface area contributed by atoms with Crippen molar-refractivity contribution in [3.63, 3.8) is 0 Å². The second-order valence-electron chi connectivity index (χ2n) is 3.73. The molecular formula is C14H19NSe. The maximum atomic E-state index is 4.68. The molecule has 0 aliphatic heterocycles. The Hall–Kier alpha value is -0.851. The van der Waals surface area contributed by atoms with Gasteiger partial charge in [0.2, 0.25) is 0 Å². The van der Waals surface area contributed by atoms with Gasteiger partial charge in [0.05, 0.1) is 0 Å². The van der Waals surface area contributed by atoms with Gasteiger partial charge >= 0.3 is 105 Å². The van der Waals surface area contributed by atoms with Gasteiger partial charge in [-0.1, -0.05) is 0 Å². The summed E-state index contributed by atoms with van der Waals surface area (Å²) in [6.07, 6.45) is 4.08. The zero-order valence-electron chi connectivity index (χ0n) is 10.1. The molecule has 0 saturated carbocycles. The first-order chi connectivity index (χ1) is 7.76. The van der Waals surface area contributed by atoms with E-state index in [1.807, 2.05) is 6.08 Å². The fourth-order valence-electron chi connectivity index (χ4n) is 1.34. The molecule has 0 amide bonds. The fraction of sp³-hybridized carbons (Fsp3) is 0.357. The van der Waals surface area contributed by atoms with Crippen LogP contribution in [-0.4, -0.2) is 19.6 Å². The van der Waals surface area contributed by atoms with Crippen LogP contribution in [0.15, 0.2) is 41.9 Å². The number of allylic oxidation sites excluding steroid dienone is 1. The Morgan fingerprint density at radius 1 is 1.38 bits per heavy atom. The minimum absolute atomic E-state index is 0.522. The van der Waals surface area contributed by atoms with E-state index in [-0.39, 0.29) is 0 Å². The molecule has 0 aliphatic rings. The topological polar surface area (TPSA) is 12.4 Å². The molecule has 0 aromatic heterocycles. The molecule has 0 atom stereocenters. The van der Waals surface area contributed by atoms with Gasteiger partial charge in [-0.3, -0.25) is 0 Å². The first-order valence-corrected chi connectivity index (χ1v) is 8.07. The summed E-state index contributed by atoms with van der Waals surface area (Å²) in [6.45, 7) is 6.68. The molecule has 2 heteroatoms. The summed E-state index contributed by atoms with van der Waals surface area (Å²) in [5.41, 5.74) is 2.60. The van der Waals surface area contributed by atoms with Gasteiger partial charge in [-0.05, 0) is 0 Å². The second kappa shape index (κ2) is 7.43. The van der Waals surface area contributed by atoms with Gasteiger partial charge in [0.1, 0.15) is 0 Å². The molecule has 0 saturated heterocycles. The summed E-state index contributed by atoms with van der Waals surface area (Å²) in [5.74, 6) is 2.23. The molecule has 0 aliphatic carbocycles. The first-order valence-electron chi connectivity index (χ1n) is 5.50. The normalized spacial score (nSPS) is 11.5. The molecule has 0 unspecified atom stereocenters. The zero-order valence-corrected chi connectivity index (χ0v) is 11.8. The molecule has 0 heterocycles. The molecule has 1 nitrogen and oxygen atoms in total. The third-order valence-corrected chi connectivity index (χ3v) is 4.04. The number of aliphatic imine (C=N–C) groups is 1. The van der Waals surface area contributed by atoms with E-state index >= 15 is 0 Å². The summed E-state index contributed by atoms with van der Waals surface area (Å²) in [7, 11) is 0. The Labute approximate surface area is 105 Å². The van der Waals surface area contributed by atoms with Gasteiger partial charge in [0.15, 0.2) is 0 Å². The van der Waals surface area contributed by atoms with E-state index in [1.165, 1.54) is 15.7 Å². The van der Waals surface area contributed by atoms with Gasteiger partial charge in [0, 0.05) is 0 Å². The average Bonchev–Trinajstić information content (AvgIpc) is 2.32. The molecule has 0 radical (unpaired) electrons. The van der Waals surface area contributed by atoms with Crippen LogP contribution >= 0.6 is 0 Å². The van der Waals surface area contributed by atoms with Crippen molar-refractivity contribution in [2.75, 3.05) is 0 Å². The third kappa shape index (κ3) is 4.78. The van der Waals surface area contributed by atoms with Crippen LogP contribution in [0.2, 0.25) is 5.82 Å². The number of aryl methyl sites for hydroxylation is 1. The second-order valence-corrected chi connectivity index (χ2v) is 5.57. The Kier molecular flexibility index (Phi) is 6.13. The van der Waals surface area contributed by atoms with Crippen LogP contribution in [0.1, 0.15) is 24.0 Å². The Bertz CT molecular complexity index is 352. The molecule has 0 bridgehead atoms. The SMILES string of the molecule is C=CCCC(=NCc1ccc(C)cc1)[Se]C.